The van der Waals surface area contributed by atoms with E-state index in [1.54, 1.807) is 11.0 Å². The highest BCUT2D eigenvalue weighted by atomic mass is 16.6. The third-order valence-electron chi connectivity index (χ3n) is 2.97. The fraction of sp³-hybridized carbons (Fsp3) is 0.267. The van der Waals surface area contributed by atoms with Crippen LogP contribution in [0.1, 0.15) is 18.5 Å². The van der Waals surface area contributed by atoms with E-state index in [0.717, 1.165) is 5.56 Å². The molecule has 1 saturated heterocycles. The standard InChI is InChI=1S/C15H17NO2/c1-3-8-13-14(12-9-6-5-7-10-12)16(11-4-2)15(17)18-13/h3-10,13-14H,2,11H2,1H3/b8-3+/t13-,14-/m1/s1. The lowest BCUT2D eigenvalue weighted by molar-refractivity contribution is 0.146. The predicted molar refractivity (Wildman–Crippen MR) is 71.2 cm³/mol. The van der Waals surface area contributed by atoms with Crippen molar-refractivity contribution in [3.05, 3.63) is 60.7 Å². The van der Waals surface area contributed by atoms with E-state index in [0.29, 0.717) is 6.54 Å². The van der Waals surface area contributed by atoms with Gasteiger partial charge in [-0.25, -0.2) is 4.79 Å². The Morgan fingerprint density at radius 2 is 2.11 bits per heavy atom. The molecule has 0 N–H and O–H groups in total. The van der Waals surface area contributed by atoms with Gasteiger partial charge in [-0.3, -0.25) is 4.90 Å². The summed E-state index contributed by atoms with van der Waals surface area (Å²) in [6.45, 7) is 6.11. The zero-order valence-corrected chi connectivity index (χ0v) is 10.5. The van der Waals surface area contributed by atoms with Crippen LogP contribution in [0, 0.1) is 0 Å². The molecule has 2 rings (SSSR count). The Hall–Kier alpha value is -2.03. The zero-order valence-electron chi connectivity index (χ0n) is 10.5. The first-order valence-corrected chi connectivity index (χ1v) is 6.04. The average Bonchev–Trinajstić information content (AvgIpc) is 2.68. The van der Waals surface area contributed by atoms with Gasteiger partial charge in [-0.05, 0) is 18.6 Å². The van der Waals surface area contributed by atoms with Gasteiger partial charge in [0, 0.05) is 6.54 Å². The Balaban J connectivity index is 2.35. The number of carbonyl (C=O) groups excluding carboxylic acids is 1. The minimum atomic E-state index is -0.285. The minimum Gasteiger partial charge on any atom is -0.439 e. The van der Waals surface area contributed by atoms with Crippen LogP contribution in [0.5, 0.6) is 0 Å². The number of nitrogens with zero attached hydrogens (tertiary/aromatic N) is 1. The Kier molecular flexibility index (Phi) is 3.82. The fourth-order valence-corrected chi connectivity index (χ4v) is 2.22. The molecule has 0 saturated carbocycles. The molecule has 1 aromatic carbocycles. The summed E-state index contributed by atoms with van der Waals surface area (Å²) >= 11 is 0. The molecule has 18 heavy (non-hydrogen) atoms. The molecular formula is C15H17NO2. The highest BCUT2D eigenvalue weighted by Crippen LogP contribution is 2.33. The van der Waals surface area contributed by atoms with Crippen molar-refractivity contribution in [3.8, 4) is 0 Å². The van der Waals surface area contributed by atoms with E-state index < -0.39 is 0 Å². The molecule has 1 fully saturated rings. The molecule has 0 unspecified atom stereocenters. The van der Waals surface area contributed by atoms with Crippen LogP contribution in [0.15, 0.2) is 55.1 Å². The monoisotopic (exact) mass is 243 g/mol. The van der Waals surface area contributed by atoms with Crippen LogP contribution in [0.2, 0.25) is 0 Å². The van der Waals surface area contributed by atoms with Crippen LogP contribution in [0.25, 0.3) is 0 Å². The molecule has 3 heteroatoms. The SMILES string of the molecule is C=CCN1C(=O)O[C@H](/C=C/C)[C@H]1c1ccccc1. The highest BCUT2D eigenvalue weighted by Gasteiger charge is 2.40. The first-order valence-electron chi connectivity index (χ1n) is 6.04. The Bertz CT molecular complexity index is 453. The van der Waals surface area contributed by atoms with Gasteiger partial charge in [0.25, 0.3) is 0 Å². The number of hydrogen-bond acceptors (Lipinski definition) is 2. The van der Waals surface area contributed by atoms with E-state index in [1.165, 1.54) is 0 Å². The topological polar surface area (TPSA) is 29.5 Å². The maximum atomic E-state index is 11.9. The van der Waals surface area contributed by atoms with E-state index in [1.807, 2.05) is 49.4 Å². The number of benzene rings is 1. The van der Waals surface area contributed by atoms with Crippen LogP contribution in [0.3, 0.4) is 0 Å². The van der Waals surface area contributed by atoms with Gasteiger partial charge in [0.05, 0.1) is 0 Å². The van der Waals surface area contributed by atoms with Crippen molar-refractivity contribution in [2.24, 2.45) is 0 Å². The van der Waals surface area contributed by atoms with E-state index in [2.05, 4.69) is 6.58 Å². The number of allylic oxidation sites excluding steroid dienone is 1. The highest BCUT2D eigenvalue weighted by molar-refractivity contribution is 5.72. The maximum absolute atomic E-state index is 11.9. The van der Waals surface area contributed by atoms with Crippen molar-refractivity contribution < 1.29 is 9.53 Å². The molecule has 1 aliphatic heterocycles. The maximum Gasteiger partial charge on any atom is 0.411 e. The Morgan fingerprint density at radius 3 is 2.72 bits per heavy atom. The molecule has 0 spiro atoms. The molecule has 0 radical (unpaired) electrons. The summed E-state index contributed by atoms with van der Waals surface area (Å²) in [6, 6.07) is 9.85. The molecular weight excluding hydrogens is 226 g/mol. The van der Waals surface area contributed by atoms with Gasteiger partial charge >= 0.3 is 6.09 Å². The van der Waals surface area contributed by atoms with Crippen LogP contribution in [-0.4, -0.2) is 23.6 Å². The summed E-state index contributed by atoms with van der Waals surface area (Å²) < 4.78 is 5.39. The summed E-state index contributed by atoms with van der Waals surface area (Å²) in [5, 5.41) is 0. The molecule has 0 bridgehead atoms. The third-order valence-corrected chi connectivity index (χ3v) is 2.97. The number of ether oxygens (including phenoxy) is 1. The summed E-state index contributed by atoms with van der Waals surface area (Å²) in [7, 11) is 0. The molecule has 1 aromatic rings. The second-order valence-electron chi connectivity index (χ2n) is 4.17. The number of rotatable bonds is 4. The molecule has 94 valence electrons. The molecule has 3 nitrogen and oxygen atoms in total. The van der Waals surface area contributed by atoms with Crippen LogP contribution in [-0.2, 0) is 4.74 Å². The van der Waals surface area contributed by atoms with Gasteiger partial charge < -0.3 is 4.74 Å². The Labute approximate surface area is 107 Å². The molecule has 0 aromatic heterocycles. The van der Waals surface area contributed by atoms with E-state index in [-0.39, 0.29) is 18.2 Å². The molecule has 1 heterocycles. The minimum absolute atomic E-state index is 0.0760. The largest absolute Gasteiger partial charge is 0.439 e. The van der Waals surface area contributed by atoms with Crippen molar-refractivity contribution in [2.75, 3.05) is 6.54 Å². The van der Waals surface area contributed by atoms with Gasteiger partial charge in [0.2, 0.25) is 0 Å². The summed E-state index contributed by atoms with van der Waals surface area (Å²) in [6.07, 6.45) is 5.02. The summed E-state index contributed by atoms with van der Waals surface area (Å²) in [4.78, 5) is 13.6. The summed E-state index contributed by atoms with van der Waals surface area (Å²) in [5.74, 6) is 0. The lowest BCUT2D eigenvalue weighted by Crippen LogP contribution is -2.29. The van der Waals surface area contributed by atoms with Crippen LogP contribution < -0.4 is 0 Å². The lowest BCUT2D eigenvalue weighted by Gasteiger charge is -2.22. The van der Waals surface area contributed by atoms with Crippen molar-refractivity contribution in [1.29, 1.82) is 0 Å². The van der Waals surface area contributed by atoms with Gasteiger partial charge in [0.1, 0.15) is 12.1 Å². The second-order valence-corrected chi connectivity index (χ2v) is 4.17. The average molecular weight is 243 g/mol. The molecule has 0 aliphatic carbocycles. The summed E-state index contributed by atoms with van der Waals surface area (Å²) in [5.41, 5.74) is 1.08. The number of cyclic esters (lactones) is 1. The predicted octanol–water partition coefficient (Wildman–Crippen LogP) is 3.31. The van der Waals surface area contributed by atoms with Crippen molar-refractivity contribution >= 4 is 6.09 Å². The van der Waals surface area contributed by atoms with Crippen molar-refractivity contribution in [3.63, 3.8) is 0 Å². The quantitative estimate of drug-likeness (QED) is 0.759. The molecule has 1 amide bonds. The Morgan fingerprint density at radius 1 is 1.39 bits per heavy atom. The normalized spacial score (nSPS) is 23.4. The molecule has 1 aliphatic rings. The van der Waals surface area contributed by atoms with E-state index in [4.69, 9.17) is 4.74 Å². The number of amides is 1. The van der Waals surface area contributed by atoms with Crippen molar-refractivity contribution in [2.45, 2.75) is 19.1 Å². The van der Waals surface area contributed by atoms with E-state index >= 15 is 0 Å². The van der Waals surface area contributed by atoms with Crippen molar-refractivity contribution in [1.82, 2.24) is 4.90 Å². The van der Waals surface area contributed by atoms with Gasteiger partial charge in [0.15, 0.2) is 0 Å². The van der Waals surface area contributed by atoms with Crippen LogP contribution in [0.4, 0.5) is 4.79 Å². The first-order chi connectivity index (χ1) is 8.77. The first kappa shape index (κ1) is 12.4. The number of hydrogen-bond donors (Lipinski definition) is 0. The molecule has 2 atom stereocenters. The van der Waals surface area contributed by atoms with Crippen LogP contribution >= 0.6 is 0 Å². The zero-order chi connectivity index (χ0) is 13.0. The second kappa shape index (κ2) is 5.54. The number of carbonyl (C=O) groups is 1. The van der Waals surface area contributed by atoms with Gasteiger partial charge in [-0.1, -0.05) is 42.5 Å². The fourth-order valence-electron chi connectivity index (χ4n) is 2.22. The van der Waals surface area contributed by atoms with Gasteiger partial charge in [-0.2, -0.15) is 0 Å². The smallest absolute Gasteiger partial charge is 0.411 e. The third kappa shape index (κ3) is 2.30. The van der Waals surface area contributed by atoms with E-state index in [9.17, 15) is 4.79 Å². The van der Waals surface area contributed by atoms with Gasteiger partial charge in [-0.15, -0.1) is 6.58 Å². The lowest BCUT2D eigenvalue weighted by atomic mass is 10.0.